The lowest BCUT2D eigenvalue weighted by Crippen LogP contribution is -2.13. The van der Waals surface area contributed by atoms with Gasteiger partial charge in [0.15, 0.2) is 5.65 Å². The Kier molecular flexibility index (Phi) is 4.62. The molecule has 0 aliphatic heterocycles. The second kappa shape index (κ2) is 7.26. The Labute approximate surface area is 166 Å². The van der Waals surface area contributed by atoms with Gasteiger partial charge in [-0.1, -0.05) is 6.07 Å². The van der Waals surface area contributed by atoms with Crippen molar-refractivity contribution >= 4 is 26.7 Å². The van der Waals surface area contributed by atoms with Crippen LogP contribution in [0.1, 0.15) is 5.56 Å². The van der Waals surface area contributed by atoms with E-state index in [1.54, 1.807) is 36.7 Å². The number of nitrogens with zero attached hydrogens (tertiary/aromatic N) is 3. The summed E-state index contributed by atoms with van der Waals surface area (Å²) in [5, 5.41) is 16.5. The highest BCUT2D eigenvalue weighted by molar-refractivity contribution is 7.92. The van der Waals surface area contributed by atoms with Gasteiger partial charge in [-0.2, -0.15) is 10.4 Å². The molecule has 2 aromatic carbocycles. The van der Waals surface area contributed by atoms with Gasteiger partial charge in [0.25, 0.3) is 10.0 Å². The predicted molar refractivity (Wildman–Crippen MR) is 108 cm³/mol. The summed E-state index contributed by atoms with van der Waals surface area (Å²) in [5.41, 5.74) is 2.58. The fourth-order valence-electron chi connectivity index (χ4n) is 2.93. The van der Waals surface area contributed by atoms with Crippen molar-refractivity contribution in [1.82, 2.24) is 15.2 Å². The van der Waals surface area contributed by atoms with E-state index in [0.29, 0.717) is 33.8 Å². The Balaban J connectivity index is 1.76. The van der Waals surface area contributed by atoms with Gasteiger partial charge in [-0.15, -0.1) is 0 Å². The molecule has 0 aliphatic carbocycles. The van der Waals surface area contributed by atoms with Crippen LogP contribution >= 0.6 is 0 Å². The summed E-state index contributed by atoms with van der Waals surface area (Å²) in [4.78, 5) is 4.36. The van der Waals surface area contributed by atoms with E-state index in [-0.39, 0.29) is 4.90 Å². The largest absolute Gasteiger partial charge is 0.496 e. The third-order valence-electron chi connectivity index (χ3n) is 4.33. The fraction of sp³-hybridized carbons (Fsp3) is 0.0500. The van der Waals surface area contributed by atoms with E-state index in [1.807, 2.05) is 12.1 Å². The highest BCUT2D eigenvalue weighted by atomic mass is 32.2. The molecule has 0 bridgehead atoms. The quantitative estimate of drug-likeness (QED) is 0.525. The number of aromatic amines is 1. The summed E-state index contributed by atoms with van der Waals surface area (Å²) < 4.78 is 33.7. The van der Waals surface area contributed by atoms with E-state index in [2.05, 4.69) is 19.9 Å². The summed E-state index contributed by atoms with van der Waals surface area (Å²) in [6, 6.07) is 14.7. The second-order valence-electron chi connectivity index (χ2n) is 6.19. The maximum absolute atomic E-state index is 12.9. The Bertz CT molecular complexity index is 1360. The zero-order valence-corrected chi connectivity index (χ0v) is 16.1. The molecule has 2 heterocycles. The molecule has 0 fully saturated rings. The minimum Gasteiger partial charge on any atom is -0.496 e. The van der Waals surface area contributed by atoms with Crippen molar-refractivity contribution in [2.45, 2.75) is 4.90 Å². The van der Waals surface area contributed by atoms with E-state index in [9.17, 15) is 8.42 Å². The summed E-state index contributed by atoms with van der Waals surface area (Å²) in [5.74, 6) is 0.514. The van der Waals surface area contributed by atoms with E-state index in [0.717, 1.165) is 5.39 Å². The normalized spacial score (nSPS) is 11.2. The number of H-pyrrole nitrogens is 1. The number of sulfonamides is 1. The Morgan fingerprint density at radius 2 is 2.00 bits per heavy atom. The van der Waals surface area contributed by atoms with E-state index in [4.69, 9.17) is 10.00 Å². The molecule has 9 heteroatoms. The van der Waals surface area contributed by atoms with Gasteiger partial charge in [-0.25, -0.2) is 13.4 Å². The molecule has 0 atom stereocenters. The Morgan fingerprint density at radius 1 is 1.14 bits per heavy atom. The summed E-state index contributed by atoms with van der Waals surface area (Å²) >= 11 is 0. The number of nitrogens with one attached hydrogen (secondary N) is 2. The van der Waals surface area contributed by atoms with Crippen LogP contribution in [0.15, 0.2) is 65.8 Å². The molecule has 0 saturated carbocycles. The molecule has 8 nitrogen and oxygen atoms in total. The number of methoxy groups -OCH3 is 1. The zero-order chi connectivity index (χ0) is 20.4. The molecule has 0 saturated heterocycles. The molecule has 0 aliphatic rings. The molecular formula is C20H15N5O3S. The van der Waals surface area contributed by atoms with Crippen LogP contribution in [0.25, 0.3) is 22.2 Å². The third kappa shape index (κ3) is 3.61. The van der Waals surface area contributed by atoms with Crippen molar-refractivity contribution in [2.75, 3.05) is 11.8 Å². The molecule has 0 radical (unpaired) electrons. The average Bonchev–Trinajstić information content (AvgIpc) is 3.21. The highest BCUT2D eigenvalue weighted by Crippen LogP contribution is 2.33. The van der Waals surface area contributed by atoms with E-state index in [1.165, 1.54) is 25.3 Å². The van der Waals surface area contributed by atoms with Crippen LogP contribution in [-0.4, -0.2) is 30.7 Å². The van der Waals surface area contributed by atoms with Crippen molar-refractivity contribution < 1.29 is 13.2 Å². The van der Waals surface area contributed by atoms with Gasteiger partial charge in [0, 0.05) is 22.7 Å². The minimum absolute atomic E-state index is 0.0583. The maximum Gasteiger partial charge on any atom is 0.261 e. The van der Waals surface area contributed by atoms with E-state index < -0.39 is 10.0 Å². The molecule has 2 aromatic heterocycles. The van der Waals surface area contributed by atoms with Gasteiger partial charge in [-0.3, -0.25) is 9.82 Å². The molecule has 0 spiro atoms. The number of ether oxygens (including phenoxy) is 1. The van der Waals surface area contributed by atoms with Crippen molar-refractivity contribution in [3.63, 3.8) is 0 Å². The first kappa shape index (κ1) is 18.5. The Morgan fingerprint density at radius 3 is 2.79 bits per heavy atom. The molecule has 0 unspecified atom stereocenters. The van der Waals surface area contributed by atoms with Crippen LogP contribution in [0, 0.1) is 11.3 Å². The Hall–Kier alpha value is -3.90. The van der Waals surface area contributed by atoms with Crippen LogP contribution in [0.5, 0.6) is 5.75 Å². The first-order valence-corrected chi connectivity index (χ1v) is 9.99. The lowest BCUT2D eigenvalue weighted by molar-refractivity contribution is 0.416. The van der Waals surface area contributed by atoms with Gasteiger partial charge in [0.2, 0.25) is 0 Å². The molecular weight excluding hydrogens is 390 g/mol. The minimum atomic E-state index is -3.88. The summed E-state index contributed by atoms with van der Waals surface area (Å²) in [7, 11) is -2.36. The monoisotopic (exact) mass is 405 g/mol. The van der Waals surface area contributed by atoms with Gasteiger partial charge in [-0.05, 0) is 42.5 Å². The lowest BCUT2D eigenvalue weighted by atomic mass is 10.1. The lowest BCUT2D eigenvalue weighted by Gasteiger charge is -2.13. The van der Waals surface area contributed by atoms with Crippen molar-refractivity contribution in [3.8, 4) is 22.9 Å². The molecule has 144 valence electrons. The predicted octanol–water partition coefficient (Wildman–Crippen LogP) is 3.31. The smallest absolute Gasteiger partial charge is 0.261 e. The fourth-order valence-corrected chi connectivity index (χ4v) is 4.01. The summed E-state index contributed by atoms with van der Waals surface area (Å²) in [6.07, 6.45) is 3.27. The van der Waals surface area contributed by atoms with Gasteiger partial charge >= 0.3 is 0 Å². The molecule has 2 N–H and O–H groups in total. The maximum atomic E-state index is 12.9. The number of pyridine rings is 1. The van der Waals surface area contributed by atoms with Crippen molar-refractivity contribution in [2.24, 2.45) is 0 Å². The highest BCUT2D eigenvalue weighted by Gasteiger charge is 2.18. The SMILES string of the molecule is COc1ccc(S(=O)(=O)Nc2cccc(C#N)c2)cc1-c1cnc2[nH]ncc2c1. The third-order valence-corrected chi connectivity index (χ3v) is 5.71. The van der Waals surface area contributed by atoms with Gasteiger partial charge in [0.05, 0.1) is 35.5 Å². The van der Waals surface area contributed by atoms with Crippen LogP contribution in [0.4, 0.5) is 5.69 Å². The number of aromatic nitrogens is 3. The molecule has 4 aromatic rings. The van der Waals surface area contributed by atoms with Crippen LogP contribution in [0.2, 0.25) is 0 Å². The zero-order valence-electron chi connectivity index (χ0n) is 15.2. The average molecular weight is 405 g/mol. The molecule has 4 rings (SSSR count). The number of rotatable bonds is 5. The number of hydrogen-bond donors (Lipinski definition) is 2. The topological polar surface area (TPSA) is 121 Å². The van der Waals surface area contributed by atoms with Gasteiger partial charge in [0.1, 0.15) is 5.75 Å². The summed E-state index contributed by atoms with van der Waals surface area (Å²) in [6.45, 7) is 0. The number of fused-ring (bicyclic) bond motifs is 1. The number of benzene rings is 2. The number of hydrogen-bond acceptors (Lipinski definition) is 6. The van der Waals surface area contributed by atoms with Crippen LogP contribution < -0.4 is 9.46 Å². The van der Waals surface area contributed by atoms with Crippen LogP contribution in [0.3, 0.4) is 0 Å². The van der Waals surface area contributed by atoms with Gasteiger partial charge < -0.3 is 4.74 Å². The number of nitriles is 1. The van der Waals surface area contributed by atoms with Crippen molar-refractivity contribution in [3.05, 3.63) is 66.5 Å². The standard InChI is InChI=1S/C20H15N5O3S/c1-28-19-6-5-17(29(26,27)25-16-4-2-3-13(7-16)10-21)9-18(19)14-8-15-12-23-24-20(15)22-11-14/h2-9,11-12,25H,1H3,(H,22,23,24). The van der Waals surface area contributed by atoms with Crippen LogP contribution in [-0.2, 0) is 10.0 Å². The second-order valence-corrected chi connectivity index (χ2v) is 7.87. The van der Waals surface area contributed by atoms with Crippen molar-refractivity contribution in [1.29, 1.82) is 5.26 Å². The molecule has 29 heavy (non-hydrogen) atoms. The first-order valence-electron chi connectivity index (χ1n) is 8.51. The van der Waals surface area contributed by atoms with E-state index >= 15 is 0 Å². The first-order chi connectivity index (χ1) is 14.0. The molecule has 0 amide bonds. The number of anilines is 1.